The van der Waals surface area contributed by atoms with Crippen LogP contribution in [-0.2, 0) is 10.0 Å². The summed E-state index contributed by atoms with van der Waals surface area (Å²) in [5.74, 6) is 0.266. The standard InChI is InChI=1S/C16H18F4N4O2S2/c1-28(25,26)23-4-5-24(13(8-23)16(18,19)20)11-6-10(17)7-12-14(11)21-15(22-27-12)9-2-3-9/h6-7,9,13H,2-5,8H2,1H3,(H,21,22)/t13-/m1/s1. The van der Waals surface area contributed by atoms with Gasteiger partial charge in [-0.1, -0.05) is 0 Å². The van der Waals surface area contributed by atoms with Gasteiger partial charge in [-0.2, -0.15) is 17.5 Å². The Kier molecular flexibility index (Phi) is 4.78. The molecule has 1 aliphatic carbocycles. The molecule has 12 heteroatoms. The molecule has 0 radical (unpaired) electrons. The van der Waals surface area contributed by atoms with Gasteiger partial charge in [-0.3, -0.25) is 0 Å². The van der Waals surface area contributed by atoms with Crippen LogP contribution in [-0.4, -0.2) is 56.7 Å². The Morgan fingerprint density at radius 3 is 2.57 bits per heavy atom. The van der Waals surface area contributed by atoms with Crippen molar-refractivity contribution in [1.29, 1.82) is 0 Å². The van der Waals surface area contributed by atoms with E-state index < -0.39 is 34.6 Å². The van der Waals surface area contributed by atoms with Crippen molar-refractivity contribution >= 4 is 39.2 Å². The molecule has 3 aliphatic rings. The molecule has 4 rings (SSSR count). The maximum absolute atomic E-state index is 14.2. The second-order valence-corrected chi connectivity index (χ2v) is 9.95. The van der Waals surface area contributed by atoms with E-state index in [1.165, 1.54) is 6.07 Å². The van der Waals surface area contributed by atoms with E-state index in [4.69, 9.17) is 0 Å². The minimum absolute atomic E-state index is 0.0395. The number of nitrogens with zero attached hydrogens (tertiary/aromatic N) is 3. The molecule has 1 N–H and O–H groups in total. The highest BCUT2D eigenvalue weighted by Gasteiger charge is 2.49. The molecule has 1 saturated heterocycles. The molecule has 0 spiro atoms. The van der Waals surface area contributed by atoms with Crippen molar-refractivity contribution in [3.8, 4) is 0 Å². The first-order chi connectivity index (χ1) is 13.0. The van der Waals surface area contributed by atoms with E-state index in [-0.39, 0.29) is 24.7 Å². The number of rotatable bonds is 3. The van der Waals surface area contributed by atoms with Crippen molar-refractivity contribution < 1.29 is 26.0 Å². The SMILES string of the molecule is CS(=O)(=O)N1CCN(c2cc(F)cc3c2N=C(C2CC2)NS3)[C@@H](C(F)(F)F)C1. The number of alkyl halides is 3. The molecule has 0 amide bonds. The monoisotopic (exact) mass is 438 g/mol. The smallest absolute Gasteiger partial charge is 0.356 e. The van der Waals surface area contributed by atoms with Crippen molar-refractivity contribution in [2.45, 2.75) is 30.0 Å². The van der Waals surface area contributed by atoms with Gasteiger partial charge in [0, 0.05) is 25.6 Å². The van der Waals surface area contributed by atoms with E-state index >= 15 is 0 Å². The molecular weight excluding hydrogens is 420 g/mol. The molecular formula is C16H18F4N4O2S2. The van der Waals surface area contributed by atoms with Gasteiger partial charge >= 0.3 is 6.18 Å². The summed E-state index contributed by atoms with van der Waals surface area (Å²) >= 11 is 1.14. The molecule has 1 aromatic rings. The largest absolute Gasteiger partial charge is 0.410 e. The molecule has 1 atom stereocenters. The average Bonchev–Trinajstić information content (AvgIpc) is 3.43. The van der Waals surface area contributed by atoms with E-state index in [0.717, 1.165) is 46.3 Å². The normalized spacial score (nSPS) is 23.8. The Bertz CT molecular complexity index is 931. The number of piperazine rings is 1. The van der Waals surface area contributed by atoms with Crippen molar-refractivity contribution in [1.82, 2.24) is 9.03 Å². The highest BCUT2D eigenvalue weighted by atomic mass is 32.2. The van der Waals surface area contributed by atoms with Crippen LogP contribution in [0.1, 0.15) is 12.8 Å². The van der Waals surface area contributed by atoms with Gasteiger partial charge in [0.1, 0.15) is 23.4 Å². The molecule has 2 aliphatic heterocycles. The molecule has 2 heterocycles. The van der Waals surface area contributed by atoms with Crippen molar-refractivity contribution in [3.05, 3.63) is 17.9 Å². The molecule has 28 heavy (non-hydrogen) atoms. The lowest BCUT2D eigenvalue weighted by molar-refractivity contribution is -0.153. The van der Waals surface area contributed by atoms with Crippen molar-refractivity contribution in [2.24, 2.45) is 10.9 Å². The summed E-state index contributed by atoms with van der Waals surface area (Å²) < 4.78 is 82.9. The number of anilines is 1. The molecule has 0 bridgehead atoms. The van der Waals surface area contributed by atoms with Crippen molar-refractivity contribution in [3.63, 3.8) is 0 Å². The summed E-state index contributed by atoms with van der Waals surface area (Å²) in [6.45, 7) is -1.06. The molecule has 0 aromatic heterocycles. The van der Waals surface area contributed by atoms with Crippen LogP contribution in [0.25, 0.3) is 0 Å². The lowest BCUT2D eigenvalue weighted by atomic mass is 10.1. The predicted molar refractivity (Wildman–Crippen MR) is 98.8 cm³/mol. The van der Waals surface area contributed by atoms with E-state index in [1.807, 2.05) is 0 Å². The number of hydrogen-bond acceptors (Lipinski definition) is 6. The van der Waals surface area contributed by atoms with Crippen LogP contribution in [0.3, 0.4) is 0 Å². The van der Waals surface area contributed by atoms with Crippen LogP contribution in [0.2, 0.25) is 0 Å². The van der Waals surface area contributed by atoms with Gasteiger partial charge in [0.25, 0.3) is 0 Å². The number of halogens is 4. The highest BCUT2D eigenvalue weighted by Crippen LogP contribution is 2.45. The Labute approximate surface area is 164 Å². The fourth-order valence-electron chi connectivity index (χ4n) is 3.38. The van der Waals surface area contributed by atoms with E-state index in [2.05, 4.69) is 9.71 Å². The van der Waals surface area contributed by atoms with Gasteiger partial charge in [0.05, 0.1) is 16.8 Å². The number of hydrogen-bond donors (Lipinski definition) is 1. The van der Waals surface area contributed by atoms with Gasteiger partial charge in [0.2, 0.25) is 10.0 Å². The van der Waals surface area contributed by atoms with E-state index in [0.29, 0.717) is 16.4 Å². The third kappa shape index (κ3) is 3.81. The van der Waals surface area contributed by atoms with Gasteiger partial charge in [-0.15, -0.1) is 0 Å². The maximum Gasteiger partial charge on any atom is 0.410 e. The van der Waals surface area contributed by atoms with Crippen LogP contribution < -0.4 is 9.62 Å². The van der Waals surface area contributed by atoms with Crippen LogP contribution in [0, 0.1) is 11.7 Å². The van der Waals surface area contributed by atoms with E-state index in [1.54, 1.807) is 0 Å². The zero-order valence-electron chi connectivity index (χ0n) is 14.8. The second-order valence-electron chi connectivity index (χ2n) is 7.12. The summed E-state index contributed by atoms with van der Waals surface area (Å²) in [7, 11) is -3.77. The lowest BCUT2D eigenvalue weighted by Gasteiger charge is -2.43. The van der Waals surface area contributed by atoms with Crippen LogP contribution in [0.5, 0.6) is 0 Å². The summed E-state index contributed by atoms with van der Waals surface area (Å²) in [6, 6.07) is 0.202. The molecule has 2 fully saturated rings. The van der Waals surface area contributed by atoms with Crippen LogP contribution >= 0.6 is 11.9 Å². The number of benzene rings is 1. The molecule has 1 aromatic carbocycles. The van der Waals surface area contributed by atoms with Gasteiger partial charge in [-0.25, -0.2) is 17.8 Å². The Morgan fingerprint density at radius 1 is 1.25 bits per heavy atom. The van der Waals surface area contributed by atoms with Gasteiger partial charge < -0.3 is 9.62 Å². The first kappa shape index (κ1) is 19.8. The minimum atomic E-state index is -4.69. The van der Waals surface area contributed by atoms with Crippen LogP contribution in [0.4, 0.5) is 28.9 Å². The summed E-state index contributed by atoms with van der Waals surface area (Å²) in [4.78, 5) is 5.92. The number of fused-ring (bicyclic) bond motifs is 1. The second kappa shape index (κ2) is 6.77. The summed E-state index contributed by atoms with van der Waals surface area (Å²) in [5, 5.41) is 0. The fraction of sp³-hybridized carbons (Fsp3) is 0.562. The summed E-state index contributed by atoms with van der Waals surface area (Å²) in [5.41, 5.74) is 0.340. The maximum atomic E-state index is 14.2. The van der Waals surface area contributed by atoms with Gasteiger partial charge in [-0.05, 0) is 36.9 Å². The lowest BCUT2D eigenvalue weighted by Crippen LogP contribution is -2.60. The van der Waals surface area contributed by atoms with Crippen LogP contribution in [0.15, 0.2) is 22.0 Å². The number of amidine groups is 1. The number of sulfonamides is 1. The first-order valence-corrected chi connectivity index (χ1v) is 11.3. The fourth-order valence-corrected chi connectivity index (χ4v) is 5.05. The Balaban J connectivity index is 1.77. The quantitative estimate of drug-likeness (QED) is 0.581. The highest BCUT2D eigenvalue weighted by molar-refractivity contribution is 7.98. The van der Waals surface area contributed by atoms with E-state index in [9.17, 15) is 26.0 Å². The first-order valence-electron chi connectivity index (χ1n) is 8.67. The van der Waals surface area contributed by atoms with Crippen molar-refractivity contribution in [2.75, 3.05) is 30.8 Å². The Hall–Kier alpha value is -1.53. The van der Waals surface area contributed by atoms with Gasteiger partial charge in [0.15, 0.2) is 0 Å². The minimum Gasteiger partial charge on any atom is -0.356 e. The summed E-state index contributed by atoms with van der Waals surface area (Å²) in [6.07, 6.45) is -1.90. The third-order valence-electron chi connectivity index (χ3n) is 4.98. The average molecular weight is 438 g/mol. The molecule has 6 nitrogen and oxygen atoms in total. The number of aliphatic imine (C=N–C) groups is 1. The third-order valence-corrected chi connectivity index (χ3v) is 7.09. The molecule has 1 saturated carbocycles. The Morgan fingerprint density at radius 2 is 1.96 bits per heavy atom. The molecule has 0 unspecified atom stereocenters. The zero-order chi connectivity index (χ0) is 20.3. The zero-order valence-corrected chi connectivity index (χ0v) is 16.5. The molecule has 154 valence electrons. The topological polar surface area (TPSA) is 65.0 Å². The number of nitrogens with one attached hydrogen (secondary N) is 1. The predicted octanol–water partition coefficient (Wildman–Crippen LogP) is 2.89.